The molecule has 1 spiro atoms. The maximum absolute atomic E-state index is 12.8. The van der Waals surface area contributed by atoms with Gasteiger partial charge in [-0.15, -0.1) is 0 Å². The third-order valence-electron chi connectivity index (χ3n) is 8.16. The minimum Gasteiger partial charge on any atom is -0.493 e. The standard InChI is InChI=1S/C32H38O7.CH4O/c1-21(2)5-13-29-31(3,39-29)28-18-25(15-16-32(28)20-36-32)38-30(34)14-9-22-8-12-26(35-4)27(17-22)37-24-10-6-23(19-33)7-11-24;1-2/h5-12,14,17,25,28-29,33H,13,15-16,18-20H2,1-4H3;2H,1H3/b14-9+;/t25-,28?,29?,31?,32?;/m1./s1. The molecule has 2 aliphatic heterocycles. The van der Waals surface area contributed by atoms with Crippen LogP contribution in [-0.4, -0.2) is 60.4 Å². The number of epoxide rings is 2. The van der Waals surface area contributed by atoms with Crippen molar-refractivity contribution in [1.29, 1.82) is 0 Å². The molecule has 222 valence electrons. The second kappa shape index (κ2) is 13.2. The van der Waals surface area contributed by atoms with Gasteiger partial charge in [-0.25, -0.2) is 4.79 Å². The van der Waals surface area contributed by atoms with Crippen molar-refractivity contribution in [2.45, 2.75) is 76.5 Å². The lowest BCUT2D eigenvalue weighted by atomic mass is 9.70. The van der Waals surface area contributed by atoms with Crippen molar-refractivity contribution in [3.63, 3.8) is 0 Å². The molecule has 5 rings (SSSR count). The quantitative estimate of drug-likeness (QED) is 0.166. The number of methoxy groups -OCH3 is 1. The highest BCUT2D eigenvalue weighted by Crippen LogP contribution is 2.59. The van der Waals surface area contributed by atoms with Crippen LogP contribution in [0.3, 0.4) is 0 Å². The summed E-state index contributed by atoms with van der Waals surface area (Å²) in [6.45, 7) is 7.12. The number of esters is 1. The zero-order chi connectivity index (χ0) is 29.6. The molecule has 2 aromatic carbocycles. The predicted octanol–water partition coefficient (Wildman–Crippen LogP) is 5.60. The van der Waals surface area contributed by atoms with Gasteiger partial charge in [-0.1, -0.05) is 29.8 Å². The van der Waals surface area contributed by atoms with Crippen molar-refractivity contribution in [1.82, 2.24) is 0 Å². The second-order valence-electron chi connectivity index (χ2n) is 11.2. The molecule has 2 aromatic rings. The highest BCUT2D eigenvalue weighted by molar-refractivity contribution is 5.87. The Balaban J connectivity index is 0.00000189. The van der Waals surface area contributed by atoms with Crippen LogP contribution in [0.5, 0.6) is 17.2 Å². The van der Waals surface area contributed by atoms with Crippen molar-refractivity contribution in [3.8, 4) is 17.2 Å². The van der Waals surface area contributed by atoms with E-state index in [1.165, 1.54) is 11.6 Å². The number of aliphatic hydroxyl groups excluding tert-OH is 2. The second-order valence-corrected chi connectivity index (χ2v) is 11.2. The number of ether oxygens (including phenoxy) is 5. The molecule has 2 heterocycles. The summed E-state index contributed by atoms with van der Waals surface area (Å²) < 4.78 is 29.5. The van der Waals surface area contributed by atoms with E-state index in [2.05, 4.69) is 26.8 Å². The van der Waals surface area contributed by atoms with Crippen molar-refractivity contribution >= 4 is 12.0 Å². The van der Waals surface area contributed by atoms with E-state index in [4.69, 9.17) is 28.8 Å². The minimum atomic E-state index is -0.368. The fraction of sp³-hybridized carbons (Fsp3) is 0.485. The number of allylic oxidation sites excluding steroid dienone is 1. The number of hydrogen-bond acceptors (Lipinski definition) is 8. The molecule has 1 saturated carbocycles. The number of carbonyl (C=O) groups excluding carboxylic acids is 1. The van der Waals surface area contributed by atoms with Gasteiger partial charge in [0.1, 0.15) is 11.9 Å². The summed E-state index contributed by atoms with van der Waals surface area (Å²) in [5, 5.41) is 16.2. The predicted molar refractivity (Wildman–Crippen MR) is 156 cm³/mol. The van der Waals surface area contributed by atoms with Crippen LogP contribution < -0.4 is 9.47 Å². The lowest BCUT2D eigenvalue weighted by Crippen LogP contribution is -2.44. The van der Waals surface area contributed by atoms with Crippen molar-refractivity contribution in [2.24, 2.45) is 5.92 Å². The van der Waals surface area contributed by atoms with Gasteiger partial charge in [0, 0.05) is 19.1 Å². The fourth-order valence-corrected chi connectivity index (χ4v) is 5.71. The molecule has 0 amide bonds. The zero-order valence-electron chi connectivity index (χ0n) is 24.6. The monoisotopic (exact) mass is 566 g/mol. The van der Waals surface area contributed by atoms with Gasteiger partial charge in [0.15, 0.2) is 11.5 Å². The number of rotatable bonds is 10. The molecular weight excluding hydrogens is 524 g/mol. The van der Waals surface area contributed by atoms with E-state index in [0.29, 0.717) is 17.2 Å². The van der Waals surface area contributed by atoms with Crippen LogP contribution in [0.4, 0.5) is 0 Å². The Labute approximate surface area is 242 Å². The van der Waals surface area contributed by atoms with Gasteiger partial charge in [0.2, 0.25) is 0 Å². The normalized spacial score (nSPS) is 27.9. The first-order chi connectivity index (χ1) is 19.7. The zero-order valence-corrected chi connectivity index (χ0v) is 24.6. The molecule has 2 saturated heterocycles. The van der Waals surface area contributed by atoms with E-state index in [-0.39, 0.29) is 41.9 Å². The van der Waals surface area contributed by atoms with Crippen LogP contribution in [0.2, 0.25) is 0 Å². The summed E-state index contributed by atoms with van der Waals surface area (Å²) in [5.41, 5.74) is 2.52. The first-order valence-electron chi connectivity index (χ1n) is 14.1. The number of benzene rings is 2. The van der Waals surface area contributed by atoms with E-state index < -0.39 is 0 Å². The van der Waals surface area contributed by atoms with Gasteiger partial charge in [0.05, 0.1) is 37.6 Å². The van der Waals surface area contributed by atoms with Gasteiger partial charge in [-0.3, -0.25) is 0 Å². The average molecular weight is 567 g/mol. The first-order valence-corrected chi connectivity index (χ1v) is 14.1. The summed E-state index contributed by atoms with van der Waals surface area (Å²) >= 11 is 0. The van der Waals surface area contributed by atoms with Gasteiger partial charge >= 0.3 is 5.97 Å². The summed E-state index contributed by atoms with van der Waals surface area (Å²) in [7, 11) is 2.58. The van der Waals surface area contributed by atoms with Crippen molar-refractivity contribution < 1.29 is 38.7 Å². The number of carbonyl (C=O) groups is 1. The summed E-state index contributed by atoms with van der Waals surface area (Å²) in [6, 6.07) is 12.6. The van der Waals surface area contributed by atoms with Gasteiger partial charge < -0.3 is 33.9 Å². The lowest BCUT2D eigenvalue weighted by Gasteiger charge is -2.36. The van der Waals surface area contributed by atoms with Gasteiger partial charge in [-0.2, -0.15) is 0 Å². The highest BCUT2D eigenvalue weighted by atomic mass is 16.6. The summed E-state index contributed by atoms with van der Waals surface area (Å²) in [6.07, 6.45) is 8.75. The van der Waals surface area contributed by atoms with Crippen LogP contribution in [0, 0.1) is 5.92 Å². The molecule has 4 unspecified atom stereocenters. The van der Waals surface area contributed by atoms with Gasteiger partial charge in [-0.05, 0) is 87.9 Å². The molecular formula is C33H42O8. The van der Waals surface area contributed by atoms with E-state index >= 15 is 0 Å². The fourth-order valence-electron chi connectivity index (χ4n) is 5.71. The third-order valence-corrected chi connectivity index (χ3v) is 8.16. The topological polar surface area (TPSA) is 110 Å². The van der Waals surface area contributed by atoms with Crippen LogP contribution in [0.15, 0.2) is 60.2 Å². The molecule has 0 radical (unpaired) electrons. The number of aliphatic hydroxyl groups is 2. The molecule has 41 heavy (non-hydrogen) atoms. The van der Waals surface area contributed by atoms with E-state index in [1.807, 2.05) is 12.1 Å². The SMILES string of the molecule is CO.COc1ccc(/C=C/C(=O)O[C@@H]2CCC3(CO3)C(C3(C)OC3CC=C(C)C)C2)cc1Oc1ccc(CO)cc1. The Morgan fingerprint density at radius 3 is 2.49 bits per heavy atom. The molecule has 8 heteroatoms. The third kappa shape index (κ3) is 7.38. The Morgan fingerprint density at radius 1 is 1.12 bits per heavy atom. The first kappa shape index (κ1) is 30.8. The molecule has 0 bridgehead atoms. The Kier molecular flexibility index (Phi) is 9.92. The lowest BCUT2D eigenvalue weighted by molar-refractivity contribution is -0.147. The highest BCUT2D eigenvalue weighted by Gasteiger charge is 2.68. The van der Waals surface area contributed by atoms with Crippen LogP contribution >= 0.6 is 0 Å². The smallest absolute Gasteiger partial charge is 0.331 e. The average Bonchev–Trinajstić information content (AvgIpc) is 3.90. The molecule has 0 aromatic heterocycles. The molecule has 8 nitrogen and oxygen atoms in total. The Morgan fingerprint density at radius 2 is 1.85 bits per heavy atom. The van der Waals surface area contributed by atoms with Crippen LogP contribution in [-0.2, 0) is 25.6 Å². The van der Waals surface area contributed by atoms with Crippen LogP contribution in [0.25, 0.3) is 6.08 Å². The van der Waals surface area contributed by atoms with E-state index in [1.54, 1.807) is 43.5 Å². The molecule has 3 aliphatic rings. The Bertz CT molecular complexity index is 1240. The van der Waals surface area contributed by atoms with E-state index in [0.717, 1.165) is 50.5 Å². The van der Waals surface area contributed by atoms with E-state index in [9.17, 15) is 9.90 Å². The molecule has 3 fully saturated rings. The van der Waals surface area contributed by atoms with Gasteiger partial charge in [0.25, 0.3) is 0 Å². The molecule has 2 N–H and O–H groups in total. The summed E-state index contributed by atoms with van der Waals surface area (Å²) in [4.78, 5) is 12.8. The number of hydrogen-bond donors (Lipinski definition) is 2. The Hall–Kier alpha value is -3.17. The summed E-state index contributed by atoms with van der Waals surface area (Å²) in [5.74, 6) is 1.56. The van der Waals surface area contributed by atoms with Crippen molar-refractivity contribution in [2.75, 3.05) is 20.8 Å². The maximum Gasteiger partial charge on any atom is 0.331 e. The maximum atomic E-state index is 12.8. The molecule has 5 atom stereocenters. The van der Waals surface area contributed by atoms with Crippen LogP contribution in [0.1, 0.15) is 57.6 Å². The molecule has 1 aliphatic carbocycles. The minimum absolute atomic E-state index is 0.0277. The van der Waals surface area contributed by atoms with Crippen molar-refractivity contribution in [3.05, 3.63) is 71.3 Å². The largest absolute Gasteiger partial charge is 0.493 e.